The molecule has 2 amide bonds. The third-order valence-corrected chi connectivity index (χ3v) is 4.99. The number of rotatable bonds is 4. The van der Waals surface area contributed by atoms with Crippen LogP contribution in [-0.2, 0) is 13.7 Å². The van der Waals surface area contributed by atoms with E-state index in [1.165, 1.54) is 6.33 Å². The lowest BCUT2D eigenvalue weighted by atomic mass is 9.97. The fourth-order valence-electron chi connectivity index (χ4n) is 3.51. The summed E-state index contributed by atoms with van der Waals surface area (Å²) in [7, 11) is 1.84. The van der Waals surface area contributed by atoms with Gasteiger partial charge < -0.3 is 19.9 Å². The van der Waals surface area contributed by atoms with E-state index < -0.39 is 0 Å². The first kappa shape index (κ1) is 18.1. The third kappa shape index (κ3) is 3.58. The molecule has 1 aliphatic heterocycles. The van der Waals surface area contributed by atoms with E-state index in [1.807, 2.05) is 35.9 Å². The van der Waals surface area contributed by atoms with Crippen LogP contribution in [-0.4, -0.2) is 58.7 Å². The number of carbonyl (C=O) groups is 1. The minimum absolute atomic E-state index is 0.0961. The second kappa shape index (κ2) is 7.77. The van der Waals surface area contributed by atoms with Gasteiger partial charge in [0.1, 0.15) is 25.1 Å². The van der Waals surface area contributed by atoms with Gasteiger partial charge in [-0.25, -0.2) is 14.5 Å². The van der Waals surface area contributed by atoms with Crippen LogP contribution < -0.4 is 5.32 Å². The summed E-state index contributed by atoms with van der Waals surface area (Å²) >= 11 is 0. The smallest absolute Gasteiger partial charge is 0.321 e. The number of benzene rings is 1. The number of hydrogen-bond donors (Lipinski definition) is 2. The predicted octanol–water partition coefficient (Wildman–Crippen LogP) is 1.30. The second-order valence-electron chi connectivity index (χ2n) is 6.80. The van der Waals surface area contributed by atoms with Gasteiger partial charge in [-0.3, -0.25) is 0 Å². The van der Waals surface area contributed by atoms with E-state index in [0.717, 1.165) is 24.4 Å². The highest BCUT2D eigenvalue weighted by molar-refractivity contribution is 5.89. The molecule has 3 heterocycles. The molecule has 2 N–H and O–H groups in total. The Hall–Kier alpha value is -3.27. The standard InChI is InChI=1S/C18H22N8O2/c1-24-16(10-27)22-23-17(24)13-4-3-7-25(9-13)18(28)21-14-5-2-6-15(8-14)26-12-19-11-20-26/h2,5-6,8,11-13,27H,3-4,7,9-10H2,1H3,(H,21,28). The van der Waals surface area contributed by atoms with Gasteiger partial charge in [0.25, 0.3) is 0 Å². The van der Waals surface area contributed by atoms with Gasteiger partial charge >= 0.3 is 6.03 Å². The number of nitrogens with zero attached hydrogens (tertiary/aromatic N) is 7. The summed E-state index contributed by atoms with van der Waals surface area (Å²) in [5, 5.41) is 24.6. The van der Waals surface area contributed by atoms with Gasteiger partial charge in [-0.15, -0.1) is 10.2 Å². The Balaban J connectivity index is 1.45. The van der Waals surface area contributed by atoms with Gasteiger partial charge in [-0.1, -0.05) is 6.07 Å². The molecule has 0 bridgehead atoms. The SMILES string of the molecule is Cn1c(CO)nnc1C1CCCN(C(=O)Nc2cccc(-n3cncn3)c2)C1. The van der Waals surface area contributed by atoms with Crippen molar-refractivity contribution in [3.05, 3.63) is 48.6 Å². The maximum Gasteiger partial charge on any atom is 0.321 e. The van der Waals surface area contributed by atoms with Crippen molar-refractivity contribution in [2.24, 2.45) is 7.05 Å². The monoisotopic (exact) mass is 382 g/mol. The van der Waals surface area contributed by atoms with E-state index in [-0.39, 0.29) is 18.6 Å². The van der Waals surface area contributed by atoms with Gasteiger partial charge in [0.05, 0.1) is 5.69 Å². The fraction of sp³-hybridized carbons (Fsp3) is 0.389. The lowest BCUT2D eigenvalue weighted by molar-refractivity contribution is 0.190. The van der Waals surface area contributed by atoms with E-state index in [1.54, 1.807) is 15.9 Å². The van der Waals surface area contributed by atoms with Crippen LogP contribution in [0.3, 0.4) is 0 Å². The summed E-state index contributed by atoms with van der Waals surface area (Å²) in [6, 6.07) is 7.31. The zero-order valence-electron chi connectivity index (χ0n) is 15.6. The predicted molar refractivity (Wildman–Crippen MR) is 101 cm³/mol. The van der Waals surface area contributed by atoms with E-state index in [0.29, 0.717) is 24.6 Å². The Bertz CT molecular complexity index is 952. The average molecular weight is 382 g/mol. The molecular formula is C18H22N8O2. The Kier molecular flexibility index (Phi) is 5.02. The van der Waals surface area contributed by atoms with Crippen molar-refractivity contribution in [3.8, 4) is 5.69 Å². The number of aliphatic hydroxyl groups excluding tert-OH is 1. The Labute approximate surface area is 161 Å². The number of piperidine rings is 1. The Morgan fingerprint density at radius 2 is 2.25 bits per heavy atom. The fourth-order valence-corrected chi connectivity index (χ4v) is 3.51. The summed E-state index contributed by atoms with van der Waals surface area (Å²) in [4.78, 5) is 18.5. The topological polar surface area (TPSA) is 114 Å². The van der Waals surface area contributed by atoms with Gasteiger partial charge in [-0.2, -0.15) is 5.10 Å². The van der Waals surface area contributed by atoms with E-state index in [4.69, 9.17) is 0 Å². The third-order valence-electron chi connectivity index (χ3n) is 4.99. The molecule has 0 aliphatic carbocycles. The van der Waals surface area contributed by atoms with Crippen molar-refractivity contribution in [1.82, 2.24) is 34.4 Å². The Morgan fingerprint density at radius 3 is 3.00 bits per heavy atom. The number of carbonyl (C=O) groups excluding carboxylic acids is 1. The maximum absolute atomic E-state index is 12.8. The number of hydrogen-bond acceptors (Lipinski definition) is 6. The summed E-state index contributed by atoms with van der Waals surface area (Å²) in [5.41, 5.74) is 1.52. The molecule has 1 unspecified atom stereocenters. The molecule has 4 rings (SSSR count). The summed E-state index contributed by atoms with van der Waals surface area (Å²) in [6.45, 7) is 1.10. The van der Waals surface area contributed by atoms with Crippen molar-refractivity contribution in [2.45, 2.75) is 25.4 Å². The lowest BCUT2D eigenvalue weighted by Gasteiger charge is -2.32. The summed E-state index contributed by atoms with van der Waals surface area (Å²) < 4.78 is 3.45. The number of aromatic nitrogens is 6. The van der Waals surface area contributed by atoms with Crippen LogP contribution in [0, 0.1) is 0 Å². The molecule has 2 aromatic heterocycles. The van der Waals surface area contributed by atoms with E-state index in [9.17, 15) is 9.90 Å². The molecule has 146 valence electrons. The molecule has 0 radical (unpaired) electrons. The molecule has 10 heteroatoms. The number of amides is 2. The number of nitrogens with one attached hydrogen (secondary N) is 1. The van der Waals surface area contributed by atoms with Crippen LogP contribution in [0.25, 0.3) is 5.69 Å². The Morgan fingerprint density at radius 1 is 1.36 bits per heavy atom. The first-order chi connectivity index (χ1) is 13.7. The molecule has 10 nitrogen and oxygen atoms in total. The van der Waals surface area contributed by atoms with Gasteiger partial charge in [0.15, 0.2) is 5.82 Å². The minimum Gasteiger partial charge on any atom is -0.388 e. The molecule has 1 atom stereocenters. The molecule has 3 aromatic rings. The van der Waals surface area contributed by atoms with Gasteiger partial charge in [0.2, 0.25) is 0 Å². The van der Waals surface area contributed by atoms with E-state index in [2.05, 4.69) is 25.6 Å². The molecule has 0 spiro atoms. The van der Waals surface area contributed by atoms with Crippen molar-refractivity contribution in [1.29, 1.82) is 0 Å². The van der Waals surface area contributed by atoms with Crippen LogP contribution in [0.5, 0.6) is 0 Å². The van der Waals surface area contributed by atoms with Crippen LogP contribution >= 0.6 is 0 Å². The highest BCUT2D eigenvalue weighted by Gasteiger charge is 2.28. The minimum atomic E-state index is -0.150. The summed E-state index contributed by atoms with van der Waals surface area (Å²) in [5.74, 6) is 1.43. The highest BCUT2D eigenvalue weighted by atomic mass is 16.3. The van der Waals surface area contributed by atoms with Crippen LogP contribution in [0.15, 0.2) is 36.9 Å². The zero-order chi connectivity index (χ0) is 19.5. The van der Waals surface area contributed by atoms with Crippen molar-refractivity contribution < 1.29 is 9.90 Å². The first-order valence-corrected chi connectivity index (χ1v) is 9.15. The molecule has 1 aromatic carbocycles. The van der Waals surface area contributed by atoms with Crippen LogP contribution in [0.1, 0.15) is 30.4 Å². The van der Waals surface area contributed by atoms with E-state index >= 15 is 0 Å². The first-order valence-electron chi connectivity index (χ1n) is 9.15. The number of anilines is 1. The van der Waals surface area contributed by atoms with Crippen LogP contribution in [0.4, 0.5) is 10.5 Å². The summed E-state index contributed by atoms with van der Waals surface area (Å²) in [6.07, 6.45) is 4.90. The maximum atomic E-state index is 12.8. The molecule has 1 aliphatic rings. The number of urea groups is 1. The molecule has 0 saturated carbocycles. The van der Waals surface area contributed by atoms with Crippen LogP contribution in [0.2, 0.25) is 0 Å². The zero-order valence-corrected chi connectivity index (χ0v) is 15.6. The van der Waals surface area contributed by atoms with Gasteiger partial charge in [0, 0.05) is 31.7 Å². The van der Waals surface area contributed by atoms with Crippen molar-refractivity contribution >= 4 is 11.7 Å². The molecule has 28 heavy (non-hydrogen) atoms. The quantitative estimate of drug-likeness (QED) is 0.703. The van der Waals surface area contributed by atoms with Gasteiger partial charge in [-0.05, 0) is 31.0 Å². The molecule has 1 fully saturated rings. The molecule has 1 saturated heterocycles. The number of aliphatic hydroxyl groups is 1. The van der Waals surface area contributed by atoms with Crippen molar-refractivity contribution in [3.63, 3.8) is 0 Å². The largest absolute Gasteiger partial charge is 0.388 e. The lowest BCUT2D eigenvalue weighted by Crippen LogP contribution is -2.42. The molecular weight excluding hydrogens is 360 g/mol. The normalized spacial score (nSPS) is 16.9. The highest BCUT2D eigenvalue weighted by Crippen LogP contribution is 2.26. The van der Waals surface area contributed by atoms with Crippen molar-refractivity contribution in [2.75, 3.05) is 18.4 Å². The second-order valence-corrected chi connectivity index (χ2v) is 6.80. The number of likely N-dealkylation sites (tertiary alicyclic amines) is 1. The average Bonchev–Trinajstić information content (AvgIpc) is 3.38.